The average molecular weight is 305 g/mol. The molecule has 0 saturated carbocycles. The number of hydrogen-bond acceptors (Lipinski definition) is 0. The van der Waals surface area contributed by atoms with Crippen LogP contribution < -0.4 is 0 Å². The van der Waals surface area contributed by atoms with Crippen LogP contribution in [0.5, 0.6) is 0 Å². The van der Waals surface area contributed by atoms with E-state index < -0.39 is 0 Å². The molecule has 0 unspecified atom stereocenters. The zero-order chi connectivity index (χ0) is 16.2. The maximum atomic E-state index is 3.59. The maximum absolute atomic E-state index is 3.59. The Kier molecular flexibility index (Phi) is 3.95. The van der Waals surface area contributed by atoms with Gasteiger partial charge in [-0.1, -0.05) is 91.0 Å². The Morgan fingerprint density at radius 1 is 0.375 bits per heavy atom. The fourth-order valence-electron chi connectivity index (χ4n) is 2.91. The monoisotopic (exact) mass is 305 g/mol. The van der Waals surface area contributed by atoms with Crippen molar-refractivity contribution in [2.75, 3.05) is 0 Å². The van der Waals surface area contributed by atoms with E-state index in [0.717, 1.165) is 11.1 Å². The van der Waals surface area contributed by atoms with E-state index in [9.17, 15) is 0 Å². The minimum absolute atomic E-state index is 1.12. The van der Waals surface area contributed by atoms with Crippen molar-refractivity contribution < 1.29 is 0 Å². The molecule has 0 aromatic heterocycles. The molecule has 1 radical (unpaired) electrons. The summed E-state index contributed by atoms with van der Waals surface area (Å²) < 4.78 is 0. The van der Waals surface area contributed by atoms with Gasteiger partial charge in [0.05, 0.1) is 0 Å². The van der Waals surface area contributed by atoms with Crippen LogP contribution in [0.15, 0.2) is 103 Å². The van der Waals surface area contributed by atoms with Crippen LogP contribution in [0.1, 0.15) is 0 Å². The third-order valence-electron chi connectivity index (χ3n) is 4.15. The molecule has 4 aromatic rings. The highest BCUT2D eigenvalue weighted by atomic mass is 14.1. The van der Waals surface area contributed by atoms with E-state index in [1.807, 2.05) is 12.1 Å². The van der Waals surface area contributed by atoms with E-state index in [4.69, 9.17) is 0 Å². The maximum Gasteiger partial charge on any atom is -0.00139 e. The summed E-state index contributed by atoms with van der Waals surface area (Å²) in [5, 5.41) is 0. The minimum atomic E-state index is 1.12. The van der Waals surface area contributed by atoms with E-state index in [1.165, 1.54) is 22.3 Å². The van der Waals surface area contributed by atoms with Crippen molar-refractivity contribution in [3.63, 3.8) is 0 Å². The predicted molar refractivity (Wildman–Crippen MR) is 102 cm³/mol. The Bertz CT molecular complexity index is 784. The van der Waals surface area contributed by atoms with Gasteiger partial charge in [-0.15, -0.1) is 0 Å². The Morgan fingerprint density at radius 3 is 1.17 bits per heavy atom. The van der Waals surface area contributed by atoms with Crippen molar-refractivity contribution in [2.45, 2.75) is 0 Å². The standard InChI is InChI=1S/C24H17/c1-4-10-19(11-5-1)22-16-23(20-12-6-2-7-13-20)18-24(17-22)21-14-8-3-9-15-21/h1-17H. The third-order valence-corrected chi connectivity index (χ3v) is 4.15. The summed E-state index contributed by atoms with van der Waals surface area (Å²) in [4.78, 5) is 0. The van der Waals surface area contributed by atoms with Crippen LogP contribution in [0.4, 0.5) is 0 Å². The van der Waals surface area contributed by atoms with E-state index >= 15 is 0 Å². The highest BCUT2D eigenvalue weighted by Gasteiger charge is 2.07. The Balaban J connectivity index is 1.92. The molecular weight excluding hydrogens is 288 g/mol. The first-order valence-electron chi connectivity index (χ1n) is 8.14. The normalized spacial score (nSPS) is 10.5. The van der Waals surface area contributed by atoms with Crippen molar-refractivity contribution in [1.29, 1.82) is 0 Å². The van der Waals surface area contributed by atoms with Crippen LogP contribution >= 0.6 is 0 Å². The molecule has 0 aliphatic rings. The molecular formula is C24H17. The predicted octanol–water partition coefficient (Wildman–Crippen LogP) is 6.49. The Hall–Kier alpha value is -3.12. The summed E-state index contributed by atoms with van der Waals surface area (Å²) in [7, 11) is 0. The largest absolute Gasteiger partial charge is 0.0622 e. The molecule has 4 rings (SSSR count). The van der Waals surface area contributed by atoms with Gasteiger partial charge in [-0.3, -0.25) is 0 Å². The lowest BCUT2D eigenvalue weighted by molar-refractivity contribution is 1.56. The molecule has 113 valence electrons. The lowest BCUT2D eigenvalue weighted by Crippen LogP contribution is -1.86. The molecule has 0 amide bonds. The number of benzene rings is 4. The van der Waals surface area contributed by atoms with E-state index in [0.29, 0.717) is 0 Å². The second-order valence-corrected chi connectivity index (χ2v) is 5.79. The molecule has 0 bridgehead atoms. The lowest BCUT2D eigenvalue weighted by atomic mass is 9.93. The van der Waals surface area contributed by atoms with Gasteiger partial charge in [-0.2, -0.15) is 0 Å². The lowest BCUT2D eigenvalue weighted by Gasteiger charge is -2.10. The molecule has 0 fully saturated rings. The van der Waals surface area contributed by atoms with Crippen LogP contribution in [0.2, 0.25) is 0 Å². The van der Waals surface area contributed by atoms with Gasteiger partial charge in [0.1, 0.15) is 0 Å². The first-order chi connectivity index (χ1) is 11.9. The Morgan fingerprint density at radius 2 is 0.750 bits per heavy atom. The fraction of sp³-hybridized carbons (Fsp3) is 0. The molecule has 0 aliphatic heterocycles. The van der Waals surface area contributed by atoms with Crippen molar-refractivity contribution >= 4 is 0 Å². The second-order valence-electron chi connectivity index (χ2n) is 5.79. The smallest absolute Gasteiger partial charge is 0.00139 e. The van der Waals surface area contributed by atoms with Crippen LogP contribution in [0.25, 0.3) is 33.4 Å². The molecule has 0 saturated heterocycles. The quantitative estimate of drug-likeness (QED) is 0.406. The molecule has 0 N–H and O–H groups in total. The number of hydrogen-bond donors (Lipinski definition) is 0. The van der Waals surface area contributed by atoms with Crippen LogP contribution in [0, 0.1) is 6.07 Å². The molecule has 4 aromatic carbocycles. The molecule has 0 heteroatoms. The van der Waals surface area contributed by atoms with Gasteiger partial charge >= 0.3 is 0 Å². The molecule has 0 heterocycles. The van der Waals surface area contributed by atoms with Crippen LogP contribution in [0.3, 0.4) is 0 Å². The van der Waals surface area contributed by atoms with Gasteiger partial charge in [0.2, 0.25) is 0 Å². The van der Waals surface area contributed by atoms with Crippen molar-refractivity contribution in [3.8, 4) is 33.4 Å². The van der Waals surface area contributed by atoms with Gasteiger partial charge in [-0.25, -0.2) is 0 Å². The zero-order valence-corrected chi connectivity index (χ0v) is 13.3. The highest BCUT2D eigenvalue weighted by Crippen LogP contribution is 2.32. The van der Waals surface area contributed by atoms with Crippen molar-refractivity contribution in [1.82, 2.24) is 0 Å². The van der Waals surface area contributed by atoms with E-state index in [1.54, 1.807) is 0 Å². The fourth-order valence-corrected chi connectivity index (χ4v) is 2.91. The molecule has 0 spiro atoms. The van der Waals surface area contributed by atoms with Crippen molar-refractivity contribution in [2.24, 2.45) is 0 Å². The first kappa shape index (κ1) is 14.5. The molecule has 0 nitrogen and oxygen atoms in total. The third kappa shape index (κ3) is 3.00. The van der Waals surface area contributed by atoms with E-state index in [2.05, 4.69) is 97.1 Å². The Labute approximate surface area is 143 Å². The summed E-state index contributed by atoms with van der Waals surface area (Å²) >= 11 is 0. The van der Waals surface area contributed by atoms with E-state index in [-0.39, 0.29) is 0 Å². The molecule has 0 atom stereocenters. The zero-order valence-electron chi connectivity index (χ0n) is 13.3. The average Bonchev–Trinajstić information content (AvgIpc) is 2.70. The SMILES string of the molecule is [c]1c(-c2ccccc2)cc(-c2ccccc2)cc1-c1ccccc1. The minimum Gasteiger partial charge on any atom is -0.0622 e. The summed E-state index contributed by atoms with van der Waals surface area (Å²) in [6.45, 7) is 0. The van der Waals surface area contributed by atoms with Gasteiger partial charge in [-0.05, 0) is 51.6 Å². The highest BCUT2D eigenvalue weighted by molar-refractivity contribution is 5.80. The number of rotatable bonds is 3. The molecule has 24 heavy (non-hydrogen) atoms. The van der Waals surface area contributed by atoms with Gasteiger partial charge in [0, 0.05) is 0 Å². The van der Waals surface area contributed by atoms with Gasteiger partial charge < -0.3 is 0 Å². The second kappa shape index (κ2) is 6.55. The van der Waals surface area contributed by atoms with Gasteiger partial charge in [0.15, 0.2) is 0 Å². The van der Waals surface area contributed by atoms with Crippen LogP contribution in [-0.2, 0) is 0 Å². The summed E-state index contributed by atoms with van der Waals surface area (Å²) in [5.74, 6) is 0. The first-order valence-corrected chi connectivity index (χ1v) is 8.14. The summed E-state index contributed by atoms with van der Waals surface area (Å²) in [6, 6.07) is 39.4. The molecule has 0 aliphatic carbocycles. The topological polar surface area (TPSA) is 0 Å². The summed E-state index contributed by atoms with van der Waals surface area (Å²) in [5.41, 5.74) is 7.06. The van der Waals surface area contributed by atoms with Crippen molar-refractivity contribution in [3.05, 3.63) is 109 Å². The van der Waals surface area contributed by atoms with Crippen LogP contribution in [-0.4, -0.2) is 0 Å². The summed E-state index contributed by atoms with van der Waals surface area (Å²) in [6.07, 6.45) is 0. The van der Waals surface area contributed by atoms with Gasteiger partial charge in [0.25, 0.3) is 0 Å².